The summed E-state index contributed by atoms with van der Waals surface area (Å²) >= 11 is 0. The Hall–Kier alpha value is -1.09. The lowest BCUT2D eigenvalue weighted by atomic mass is 10.1. The standard InChI is InChI=1S/C15H24N2O/c1-10(2)14-8-5-12(9-16-11(3)4)15(18)17(14)13-6-7-13/h5,8,10-11,13,16H,6-7,9H2,1-4H3. The van der Waals surface area contributed by atoms with E-state index in [4.69, 9.17) is 0 Å². The fourth-order valence-electron chi connectivity index (χ4n) is 2.24. The number of hydrogen-bond donors (Lipinski definition) is 1. The minimum Gasteiger partial charge on any atom is -0.310 e. The summed E-state index contributed by atoms with van der Waals surface area (Å²) in [5.41, 5.74) is 2.27. The van der Waals surface area contributed by atoms with Gasteiger partial charge >= 0.3 is 0 Å². The Morgan fingerprint density at radius 1 is 1.28 bits per heavy atom. The zero-order chi connectivity index (χ0) is 13.3. The Balaban J connectivity index is 2.34. The highest BCUT2D eigenvalue weighted by Crippen LogP contribution is 2.36. The molecule has 0 bridgehead atoms. The summed E-state index contributed by atoms with van der Waals surface area (Å²) in [5.74, 6) is 0.408. The van der Waals surface area contributed by atoms with E-state index in [1.807, 2.05) is 10.6 Å². The molecule has 0 amide bonds. The topological polar surface area (TPSA) is 34.0 Å². The molecule has 0 radical (unpaired) electrons. The smallest absolute Gasteiger partial charge is 0.255 e. The van der Waals surface area contributed by atoms with Crippen LogP contribution in [0.3, 0.4) is 0 Å². The third kappa shape index (κ3) is 2.83. The van der Waals surface area contributed by atoms with Crippen molar-refractivity contribution in [2.75, 3.05) is 0 Å². The van der Waals surface area contributed by atoms with Crippen LogP contribution in [0.25, 0.3) is 0 Å². The van der Waals surface area contributed by atoms with Gasteiger partial charge in [0.2, 0.25) is 0 Å². The van der Waals surface area contributed by atoms with Gasteiger partial charge in [0.15, 0.2) is 0 Å². The fraction of sp³-hybridized carbons (Fsp3) is 0.667. The average molecular weight is 248 g/mol. The van der Waals surface area contributed by atoms with Crippen LogP contribution in [0.2, 0.25) is 0 Å². The van der Waals surface area contributed by atoms with E-state index in [2.05, 4.69) is 39.1 Å². The lowest BCUT2D eigenvalue weighted by Gasteiger charge is -2.17. The number of nitrogens with one attached hydrogen (secondary N) is 1. The second kappa shape index (κ2) is 5.27. The molecule has 1 saturated carbocycles. The predicted octanol–water partition coefficient (Wildman–Crippen LogP) is 2.80. The molecular weight excluding hydrogens is 224 g/mol. The van der Waals surface area contributed by atoms with Crippen molar-refractivity contribution < 1.29 is 0 Å². The fourth-order valence-corrected chi connectivity index (χ4v) is 2.24. The Labute approximate surface area is 109 Å². The molecule has 3 nitrogen and oxygen atoms in total. The highest BCUT2D eigenvalue weighted by molar-refractivity contribution is 5.20. The van der Waals surface area contributed by atoms with Crippen molar-refractivity contribution in [3.05, 3.63) is 33.7 Å². The second-order valence-corrected chi connectivity index (χ2v) is 5.88. The SMILES string of the molecule is CC(C)NCc1ccc(C(C)C)n(C2CC2)c1=O. The summed E-state index contributed by atoms with van der Waals surface area (Å²) in [6, 6.07) is 4.98. The summed E-state index contributed by atoms with van der Waals surface area (Å²) in [5, 5.41) is 3.32. The first-order chi connectivity index (χ1) is 8.50. The van der Waals surface area contributed by atoms with E-state index < -0.39 is 0 Å². The Bertz CT molecular complexity index is 470. The van der Waals surface area contributed by atoms with E-state index >= 15 is 0 Å². The quantitative estimate of drug-likeness (QED) is 0.869. The van der Waals surface area contributed by atoms with Crippen LogP contribution in [0.1, 0.15) is 63.8 Å². The predicted molar refractivity (Wildman–Crippen MR) is 75.0 cm³/mol. The summed E-state index contributed by atoms with van der Waals surface area (Å²) < 4.78 is 2.03. The first-order valence-electron chi connectivity index (χ1n) is 6.98. The highest BCUT2D eigenvalue weighted by Gasteiger charge is 2.28. The van der Waals surface area contributed by atoms with Crippen LogP contribution in [-0.4, -0.2) is 10.6 Å². The molecule has 0 unspecified atom stereocenters. The maximum Gasteiger partial charge on any atom is 0.255 e. The van der Waals surface area contributed by atoms with Crippen molar-refractivity contribution in [3.63, 3.8) is 0 Å². The number of pyridine rings is 1. The van der Waals surface area contributed by atoms with E-state index in [1.165, 1.54) is 5.69 Å². The van der Waals surface area contributed by atoms with Gasteiger partial charge in [-0.3, -0.25) is 4.79 Å². The molecule has 18 heavy (non-hydrogen) atoms. The van der Waals surface area contributed by atoms with Crippen molar-refractivity contribution in [2.45, 2.75) is 65.1 Å². The third-order valence-electron chi connectivity index (χ3n) is 3.43. The zero-order valence-electron chi connectivity index (χ0n) is 11.9. The third-order valence-corrected chi connectivity index (χ3v) is 3.43. The van der Waals surface area contributed by atoms with E-state index in [0.717, 1.165) is 18.4 Å². The number of rotatable bonds is 5. The van der Waals surface area contributed by atoms with Gasteiger partial charge in [0.05, 0.1) is 0 Å². The molecule has 1 aliphatic carbocycles. The molecule has 1 aromatic rings. The van der Waals surface area contributed by atoms with Gasteiger partial charge < -0.3 is 9.88 Å². The summed E-state index contributed by atoms with van der Waals surface area (Å²) in [6.45, 7) is 9.17. The average Bonchev–Trinajstić information content (AvgIpc) is 3.10. The van der Waals surface area contributed by atoms with E-state index in [9.17, 15) is 4.79 Å². The Kier molecular flexibility index (Phi) is 3.91. The molecule has 0 atom stereocenters. The lowest BCUT2D eigenvalue weighted by molar-refractivity contribution is 0.569. The van der Waals surface area contributed by atoms with Gasteiger partial charge in [-0.05, 0) is 24.8 Å². The maximum atomic E-state index is 12.5. The molecule has 1 aromatic heterocycles. The monoisotopic (exact) mass is 248 g/mol. The molecular formula is C15H24N2O. The van der Waals surface area contributed by atoms with Crippen molar-refractivity contribution in [1.82, 2.24) is 9.88 Å². The molecule has 0 spiro atoms. The zero-order valence-corrected chi connectivity index (χ0v) is 11.9. The normalized spacial score (nSPS) is 15.7. The van der Waals surface area contributed by atoms with Crippen molar-refractivity contribution in [3.8, 4) is 0 Å². The number of hydrogen-bond acceptors (Lipinski definition) is 2. The largest absolute Gasteiger partial charge is 0.310 e. The molecule has 100 valence electrons. The van der Waals surface area contributed by atoms with Gasteiger partial charge in [0.25, 0.3) is 5.56 Å². The molecule has 1 fully saturated rings. The van der Waals surface area contributed by atoms with Crippen LogP contribution in [0.4, 0.5) is 0 Å². The molecule has 2 rings (SSSR count). The van der Waals surface area contributed by atoms with Gasteiger partial charge in [0.1, 0.15) is 0 Å². The summed E-state index contributed by atoms with van der Waals surface area (Å²) in [6.07, 6.45) is 2.31. The summed E-state index contributed by atoms with van der Waals surface area (Å²) in [7, 11) is 0. The lowest BCUT2D eigenvalue weighted by Crippen LogP contribution is -2.31. The highest BCUT2D eigenvalue weighted by atomic mass is 16.1. The van der Waals surface area contributed by atoms with Crippen LogP contribution < -0.4 is 10.9 Å². The minimum absolute atomic E-state index is 0.205. The van der Waals surface area contributed by atoms with E-state index in [1.54, 1.807) is 0 Å². The van der Waals surface area contributed by atoms with E-state index in [-0.39, 0.29) is 5.56 Å². The first-order valence-corrected chi connectivity index (χ1v) is 6.98. The van der Waals surface area contributed by atoms with E-state index in [0.29, 0.717) is 24.5 Å². The summed E-state index contributed by atoms with van der Waals surface area (Å²) in [4.78, 5) is 12.5. The van der Waals surface area contributed by atoms with Gasteiger partial charge in [-0.25, -0.2) is 0 Å². The minimum atomic E-state index is 0.205. The molecule has 3 heteroatoms. The van der Waals surface area contributed by atoms with Gasteiger partial charge in [0, 0.05) is 29.9 Å². The second-order valence-electron chi connectivity index (χ2n) is 5.88. The molecule has 1 N–H and O–H groups in total. The van der Waals surface area contributed by atoms with Crippen LogP contribution in [0.15, 0.2) is 16.9 Å². The molecule has 1 aliphatic rings. The Morgan fingerprint density at radius 3 is 2.44 bits per heavy atom. The maximum absolute atomic E-state index is 12.5. The molecule has 0 saturated heterocycles. The molecule has 0 aliphatic heterocycles. The van der Waals surface area contributed by atoms with Crippen LogP contribution in [0, 0.1) is 0 Å². The number of nitrogens with zero attached hydrogens (tertiary/aromatic N) is 1. The van der Waals surface area contributed by atoms with Gasteiger partial charge in [-0.1, -0.05) is 33.8 Å². The van der Waals surface area contributed by atoms with Gasteiger partial charge in [-0.2, -0.15) is 0 Å². The van der Waals surface area contributed by atoms with Crippen molar-refractivity contribution in [2.24, 2.45) is 0 Å². The van der Waals surface area contributed by atoms with Crippen LogP contribution in [-0.2, 0) is 6.54 Å². The molecule has 0 aromatic carbocycles. The van der Waals surface area contributed by atoms with Gasteiger partial charge in [-0.15, -0.1) is 0 Å². The van der Waals surface area contributed by atoms with Crippen molar-refractivity contribution >= 4 is 0 Å². The van der Waals surface area contributed by atoms with Crippen LogP contribution in [0.5, 0.6) is 0 Å². The van der Waals surface area contributed by atoms with Crippen molar-refractivity contribution in [1.29, 1.82) is 0 Å². The number of aromatic nitrogens is 1. The first kappa shape index (κ1) is 13.3. The van der Waals surface area contributed by atoms with Crippen LogP contribution >= 0.6 is 0 Å². The Morgan fingerprint density at radius 2 is 1.94 bits per heavy atom. The molecule has 1 heterocycles.